The third kappa shape index (κ3) is 1.06. The van der Waals surface area contributed by atoms with Crippen molar-refractivity contribution in [2.24, 2.45) is 5.11 Å². The number of aromatic amines is 1. The van der Waals surface area contributed by atoms with Crippen molar-refractivity contribution in [1.82, 2.24) is 4.98 Å². The number of aryl methyl sites for hydroxylation is 1. The van der Waals surface area contributed by atoms with Crippen LogP contribution in [-0.4, -0.2) is 4.98 Å². The van der Waals surface area contributed by atoms with Crippen molar-refractivity contribution < 1.29 is 0 Å². The lowest BCUT2D eigenvalue weighted by Gasteiger charge is -2.17. The Labute approximate surface area is 70.2 Å². The minimum atomic E-state index is 0.0602. The van der Waals surface area contributed by atoms with Crippen LogP contribution in [0, 0.1) is 0 Å². The number of azide groups is 1. The Morgan fingerprint density at radius 1 is 1.67 bits per heavy atom. The van der Waals surface area contributed by atoms with Crippen molar-refractivity contribution in [3.05, 3.63) is 34.0 Å². The number of H-pyrrole nitrogens is 1. The largest absolute Gasteiger partial charge is 0.365 e. The van der Waals surface area contributed by atoms with Crippen LogP contribution in [0.15, 0.2) is 17.4 Å². The molecule has 2 rings (SSSR count). The number of hydrogen-bond acceptors (Lipinski definition) is 1. The molecular formula is C8H10N4. The second kappa shape index (κ2) is 2.91. The summed E-state index contributed by atoms with van der Waals surface area (Å²) in [6.45, 7) is 0. The van der Waals surface area contributed by atoms with Crippen LogP contribution in [0.3, 0.4) is 0 Å². The first-order chi connectivity index (χ1) is 5.92. The molecule has 1 aliphatic carbocycles. The summed E-state index contributed by atoms with van der Waals surface area (Å²) in [5, 5.41) is 3.76. The fourth-order valence-electron chi connectivity index (χ4n) is 1.75. The molecule has 0 aliphatic heterocycles. The lowest BCUT2D eigenvalue weighted by atomic mass is 9.94. The van der Waals surface area contributed by atoms with Crippen LogP contribution in [0.4, 0.5) is 0 Å². The van der Waals surface area contributed by atoms with E-state index in [-0.39, 0.29) is 6.04 Å². The average molecular weight is 162 g/mol. The zero-order valence-corrected chi connectivity index (χ0v) is 6.70. The van der Waals surface area contributed by atoms with Gasteiger partial charge >= 0.3 is 0 Å². The second-order valence-corrected chi connectivity index (χ2v) is 3.02. The van der Waals surface area contributed by atoms with Crippen LogP contribution >= 0.6 is 0 Å². The van der Waals surface area contributed by atoms with E-state index >= 15 is 0 Å². The maximum Gasteiger partial charge on any atom is 0.0643 e. The quantitative estimate of drug-likeness (QED) is 0.375. The monoisotopic (exact) mass is 162 g/mol. The number of hydrogen-bond donors (Lipinski definition) is 1. The summed E-state index contributed by atoms with van der Waals surface area (Å²) in [6, 6.07) is 2.07. The lowest BCUT2D eigenvalue weighted by Crippen LogP contribution is -2.05. The van der Waals surface area contributed by atoms with E-state index in [1.807, 2.05) is 12.3 Å². The molecule has 1 N–H and O–H groups in total. The fraction of sp³-hybridized carbons (Fsp3) is 0.500. The van der Waals surface area contributed by atoms with Crippen molar-refractivity contribution in [1.29, 1.82) is 0 Å². The van der Waals surface area contributed by atoms with Gasteiger partial charge in [0.25, 0.3) is 0 Å². The summed E-state index contributed by atoms with van der Waals surface area (Å²) in [5.74, 6) is 0. The molecule has 0 spiro atoms. The molecule has 1 aromatic heterocycles. The van der Waals surface area contributed by atoms with E-state index in [1.54, 1.807) is 0 Å². The van der Waals surface area contributed by atoms with E-state index in [2.05, 4.69) is 15.0 Å². The van der Waals surface area contributed by atoms with Crippen LogP contribution in [0.5, 0.6) is 0 Å². The molecule has 4 heteroatoms. The van der Waals surface area contributed by atoms with Gasteiger partial charge < -0.3 is 4.98 Å². The van der Waals surface area contributed by atoms with Gasteiger partial charge in [-0.25, -0.2) is 0 Å². The summed E-state index contributed by atoms with van der Waals surface area (Å²) < 4.78 is 0. The molecular weight excluding hydrogens is 152 g/mol. The lowest BCUT2D eigenvalue weighted by molar-refractivity contribution is 0.564. The minimum absolute atomic E-state index is 0.0602. The van der Waals surface area contributed by atoms with Gasteiger partial charge in [0.2, 0.25) is 0 Å². The molecule has 0 saturated heterocycles. The van der Waals surface area contributed by atoms with Crippen LogP contribution in [0.1, 0.15) is 30.1 Å². The Morgan fingerprint density at radius 2 is 2.58 bits per heavy atom. The Kier molecular flexibility index (Phi) is 1.76. The highest BCUT2D eigenvalue weighted by Crippen LogP contribution is 2.31. The normalized spacial score (nSPS) is 21.2. The van der Waals surface area contributed by atoms with Gasteiger partial charge in [0.1, 0.15) is 0 Å². The van der Waals surface area contributed by atoms with Gasteiger partial charge in [-0.1, -0.05) is 5.11 Å². The van der Waals surface area contributed by atoms with E-state index in [4.69, 9.17) is 5.53 Å². The molecule has 4 nitrogen and oxygen atoms in total. The van der Waals surface area contributed by atoms with Crippen LogP contribution in [0.25, 0.3) is 10.4 Å². The standard InChI is InChI=1S/C8H10N4/c9-12-11-8-3-1-2-7-6(8)4-5-10-7/h4-5,8,10H,1-3H2. The molecule has 62 valence electrons. The number of nitrogens with zero attached hydrogens (tertiary/aromatic N) is 3. The summed E-state index contributed by atoms with van der Waals surface area (Å²) in [7, 11) is 0. The summed E-state index contributed by atoms with van der Waals surface area (Å²) in [6.07, 6.45) is 5.09. The van der Waals surface area contributed by atoms with Crippen molar-refractivity contribution in [3.63, 3.8) is 0 Å². The van der Waals surface area contributed by atoms with Crippen molar-refractivity contribution >= 4 is 0 Å². The molecule has 1 unspecified atom stereocenters. The highest BCUT2D eigenvalue weighted by Gasteiger charge is 2.19. The first kappa shape index (κ1) is 7.25. The molecule has 12 heavy (non-hydrogen) atoms. The molecule has 1 heterocycles. The topological polar surface area (TPSA) is 64.6 Å². The Morgan fingerprint density at radius 3 is 3.42 bits per heavy atom. The maximum absolute atomic E-state index is 8.33. The molecule has 0 radical (unpaired) electrons. The highest BCUT2D eigenvalue weighted by molar-refractivity contribution is 5.26. The maximum atomic E-state index is 8.33. The van der Waals surface area contributed by atoms with Gasteiger partial charge in [0, 0.05) is 16.8 Å². The highest BCUT2D eigenvalue weighted by atomic mass is 15.1. The van der Waals surface area contributed by atoms with Gasteiger partial charge in [0.05, 0.1) is 6.04 Å². The van der Waals surface area contributed by atoms with E-state index in [9.17, 15) is 0 Å². The molecule has 1 atom stereocenters. The van der Waals surface area contributed by atoms with Crippen molar-refractivity contribution in [2.45, 2.75) is 25.3 Å². The van der Waals surface area contributed by atoms with Gasteiger partial charge in [-0.3, -0.25) is 0 Å². The molecule has 1 aliphatic rings. The van der Waals surface area contributed by atoms with Gasteiger partial charge in [0.15, 0.2) is 0 Å². The van der Waals surface area contributed by atoms with Crippen molar-refractivity contribution in [2.75, 3.05) is 0 Å². The zero-order chi connectivity index (χ0) is 8.39. The van der Waals surface area contributed by atoms with Gasteiger partial charge in [-0.05, 0) is 36.4 Å². The Balaban J connectivity index is 2.37. The Hall–Kier alpha value is -1.41. The number of nitrogens with one attached hydrogen (secondary N) is 1. The molecule has 0 fully saturated rings. The van der Waals surface area contributed by atoms with E-state index in [0.29, 0.717) is 0 Å². The van der Waals surface area contributed by atoms with E-state index < -0.39 is 0 Å². The first-order valence-electron chi connectivity index (χ1n) is 4.12. The zero-order valence-electron chi connectivity index (χ0n) is 6.70. The number of fused-ring (bicyclic) bond motifs is 1. The van der Waals surface area contributed by atoms with E-state index in [0.717, 1.165) is 19.3 Å². The minimum Gasteiger partial charge on any atom is -0.365 e. The van der Waals surface area contributed by atoms with Crippen LogP contribution < -0.4 is 0 Å². The fourth-order valence-corrected chi connectivity index (χ4v) is 1.75. The summed E-state index contributed by atoms with van der Waals surface area (Å²) in [5.41, 5.74) is 10.7. The number of rotatable bonds is 1. The van der Waals surface area contributed by atoms with Crippen LogP contribution in [-0.2, 0) is 6.42 Å². The summed E-state index contributed by atoms with van der Waals surface area (Å²) in [4.78, 5) is 6.01. The smallest absolute Gasteiger partial charge is 0.0643 e. The molecule has 1 aromatic rings. The second-order valence-electron chi connectivity index (χ2n) is 3.02. The molecule has 0 amide bonds. The van der Waals surface area contributed by atoms with Crippen molar-refractivity contribution in [3.8, 4) is 0 Å². The SMILES string of the molecule is [N-]=[N+]=NC1CCCc2[nH]ccc21. The molecule has 0 aromatic carbocycles. The predicted molar refractivity (Wildman–Crippen MR) is 45.6 cm³/mol. The third-order valence-electron chi connectivity index (χ3n) is 2.32. The van der Waals surface area contributed by atoms with Gasteiger partial charge in [-0.2, -0.15) is 0 Å². The summed E-state index contributed by atoms with van der Waals surface area (Å²) >= 11 is 0. The third-order valence-corrected chi connectivity index (χ3v) is 2.32. The predicted octanol–water partition coefficient (Wildman–Crippen LogP) is 2.70. The first-order valence-corrected chi connectivity index (χ1v) is 4.12. The Bertz CT molecular complexity index is 322. The molecule has 0 saturated carbocycles. The van der Waals surface area contributed by atoms with Gasteiger partial charge in [-0.15, -0.1) is 0 Å². The van der Waals surface area contributed by atoms with Crippen LogP contribution in [0.2, 0.25) is 0 Å². The van der Waals surface area contributed by atoms with E-state index in [1.165, 1.54) is 11.3 Å². The average Bonchev–Trinajstić information content (AvgIpc) is 2.53. The number of aromatic nitrogens is 1. The molecule has 0 bridgehead atoms.